The highest BCUT2D eigenvalue weighted by Gasteiger charge is 2.26. The van der Waals surface area contributed by atoms with E-state index >= 15 is 0 Å². The Labute approximate surface area is 173 Å². The van der Waals surface area contributed by atoms with Gasteiger partial charge in [0.05, 0.1) is 0 Å². The number of amides is 1. The second-order valence-electron chi connectivity index (χ2n) is 7.75. The predicted octanol–water partition coefficient (Wildman–Crippen LogP) is 3.68. The first kappa shape index (κ1) is 20.0. The quantitative estimate of drug-likeness (QED) is 0.612. The minimum Gasteiger partial charge on any atom is -0.444 e. The third-order valence-electron chi connectivity index (χ3n) is 4.66. The van der Waals surface area contributed by atoms with Crippen LogP contribution in [-0.2, 0) is 11.3 Å². The lowest BCUT2D eigenvalue weighted by Gasteiger charge is -2.36. The number of ether oxygens (including phenoxy) is 1. The van der Waals surface area contributed by atoms with Gasteiger partial charge < -0.3 is 19.1 Å². The van der Waals surface area contributed by atoms with Crippen LogP contribution < -0.4 is 10.5 Å². The molecule has 1 fully saturated rings. The van der Waals surface area contributed by atoms with Crippen LogP contribution in [0.15, 0.2) is 29.2 Å². The summed E-state index contributed by atoms with van der Waals surface area (Å²) in [6.45, 7) is 11.0. The van der Waals surface area contributed by atoms with Crippen LogP contribution in [0.1, 0.15) is 27.7 Å². The number of hydrogen-bond acceptors (Lipinski definition) is 4. The predicted molar refractivity (Wildman–Crippen MR) is 117 cm³/mol. The summed E-state index contributed by atoms with van der Waals surface area (Å²) in [5.41, 5.74) is 0.654. The van der Waals surface area contributed by atoms with Crippen molar-refractivity contribution in [1.82, 2.24) is 9.47 Å². The maximum absolute atomic E-state index is 12.5. The van der Waals surface area contributed by atoms with E-state index in [1.165, 1.54) is 0 Å². The molecule has 0 atom stereocenters. The van der Waals surface area contributed by atoms with Crippen LogP contribution in [0.2, 0.25) is 0 Å². The molecule has 7 heteroatoms. The molecule has 3 rings (SSSR count). The molecule has 0 aliphatic carbocycles. The van der Waals surface area contributed by atoms with Crippen LogP contribution in [-0.4, -0.2) is 47.3 Å². The zero-order valence-corrected chi connectivity index (χ0v) is 18.4. The zero-order chi connectivity index (χ0) is 19.8. The van der Waals surface area contributed by atoms with E-state index in [1.54, 1.807) is 9.47 Å². The van der Waals surface area contributed by atoms with E-state index < -0.39 is 5.60 Å². The van der Waals surface area contributed by atoms with Crippen LogP contribution >= 0.6 is 22.6 Å². The van der Waals surface area contributed by atoms with Gasteiger partial charge in [-0.05, 0) is 68.5 Å². The second-order valence-corrected chi connectivity index (χ2v) is 8.91. The smallest absolute Gasteiger partial charge is 0.410 e. The van der Waals surface area contributed by atoms with Gasteiger partial charge in [-0.15, -0.1) is 0 Å². The number of carbonyl (C=O) groups excluding carboxylic acids is 1. The Morgan fingerprint density at radius 1 is 1.15 bits per heavy atom. The molecule has 1 aliphatic heterocycles. The molecule has 1 aromatic carbocycles. The van der Waals surface area contributed by atoms with Gasteiger partial charge in [0.15, 0.2) is 0 Å². The number of aryl methyl sites for hydroxylation is 1. The van der Waals surface area contributed by atoms with Gasteiger partial charge in [0.25, 0.3) is 5.56 Å². The maximum Gasteiger partial charge on any atom is 0.410 e. The van der Waals surface area contributed by atoms with Gasteiger partial charge in [0, 0.05) is 59.0 Å². The molecule has 1 saturated heterocycles. The second kappa shape index (κ2) is 7.69. The van der Waals surface area contributed by atoms with Gasteiger partial charge in [-0.1, -0.05) is 0 Å². The van der Waals surface area contributed by atoms with E-state index in [9.17, 15) is 9.59 Å². The standard InChI is InChI=1S/C20H26IN3O3/c1-5-22-13-17(21)16-12-14(6-7-15(16)18(22)25)23-8-10-24(11-9-23)19(26)27-20(2,3)4/h6-7,12-13H,5,8-11H2,1-4H3. The van der Waals surface area contributed by atoms with Gasteiger partial charge in [-0.3, -0.25) is 4.79 Å². The SMILES string of the molecule is CCn1cc(I)c2cc(N3CCN(C(=O)OC(C)(C)C)CC3)ccc2c1=O. The number of benzene rings is 1. The van der Waals surface area contributed by atoms with Crippen molar-refractivity contribution < 1.29 is 9.53 Å². The highest BCUT2D eigenvalue weighted by atomic mass is 127. The van der Waals surface area contributed by atoms with Gasteiger partial charge in [-0.25, -0.2) is 4.79 Å². The Hall–Kier alpha value is -1.77. The van der Waals surface area contributed by atoms with E-state index in [4.69, 9.17) is 4.74 Å². The highest BCUT2D eigenvalue weighted by molar-refractivity contribution is 14.1. The summed E-state index contributed by atoms with van der Waals surface area (Å²) in [5, 5.41) is 1.73. The van der Waals surface area contributed by atoms with E-state index in [0.717, 1.165) is 33.1 Å². The van der Waals surface area contributed by atoms with Crippen LogP contribution in [0.3, 0.4) is 0 Å². The fourth-order valence-corrected chi connectivity index (χ4v) is 4.02. The molecule has 0 spiro atoms. The summed E-state index contributed by atoms with van der Waals surface area (Å²) in [5.74, 6) is 0. The van der Waals surface area contributed by atoms with Gasteiger partial charge in [0.2, 0.25) is 0 Å². The summed E-state index contributed by atoms with van der Waals surface area (Å²) >= 11 is 2.29. The number of halogens is 1. The van der Waals surface area contributed by atoms with Crippen LogP contribution in [0.4, 0.5) is 10.5 Å². The first-order valence-electron chi connectivity index (χ1n) is 9.25. The summed E-state index contributed by atoms with van der Waals surface area (Å²) < 4.78 is 8.26. The molecule has 1 aromatic heterocycles. The number of piperazine rings is 1. The van der Waals surface area contributed by atoms with E-state index in [2.05, 4.69) is 33.6 Å². The molecule has 27 heavy (non-hydrogen) atoms. The van der Waals surface area contributed by atoms with E-state index in [-0.39, 0.29) is 11.7 Å². The fraction of sp³-hybridized carbons (Fsp3) is 0.500. The molecule has 0 bridgehead atoms. The lowest BCUT2D eigenvalue weighted by atomic mass is 10.1. The molecule has 6 nitrogen and oxygen atoms in total. The Balaban J connectivity index is 1.77. The number of pyridine rings is 1. The maximum atomic E-state index is 12.5. The van der Waals surface area contributed by atoms with E-state index in [1.807, 2.05) is 46.0 Å². The molecule has 0 saturated carbocycles. The summed E-state index contributed by atoms with van der Waals surface area (Å²) in [6, 6.07) is 6.01. The number of aromatic nitrogens is 1. The lowest BCUT2D eigenvalue weighted by Crippen LogP contribution is -2.50. The molecule has 1 aliphatic rings. The van der Waals surface area contributed by atoms with Gasteiger partial charge in [0.1, 0.15) is 5.60 Å². The van der Waals surface area contributed by atoms with Crippen molar-refractivity contribution in [1.29, 1.82) is 0 Å². The van der Waals surface area contributed by atoms with Crippen LogP contribution in [0.25, 0.3) is 10.8 Å². The molecule has 146 valence electrons. The average molecular weight is 483 g/mol. The van der Waals surface area contributed by atoms with Crippen molar-refractivity contribution in [2.24, 2.45) is 0 Å². The van der Waals surface area contributed by atoms with Crippen molar-refractivity contribution >= 4 is 45.1 Å². The number of nitrogens with zero attached hydrogens (tertiary/aromatic N) is 3. The van der Waals surface area contributed by atoms with E-state index in [0.29, 0.717) is 19.6 Å². The fourth-order valence-electron chi connectivity index (χ4n) is 3.24. The summed E-state index contributed by atoms with van der Waals surface area (Å²) in [4.78, 5) is 28.7. The van der Waals surface area contributed by atoms with Crippen LogP contribution in [0.5, 0.6) is 0 Å². The molecule has 1 amide bonds. The first-order chi connectivity index (χ1) is 12.7. The van der Waals surface area contributed by atoms with Crippen molar-refractivity contribution in [3.05, 3.63) is 38.3 Å². The molecule has 0 unspecified atom stereocenters. The molecular weight excluding hydrogens is 457 g/mol. The average Bonchev–Trinajstić information content (AvgIpc) is 2.63. The van der Waals surface area contributed by atoms with Crippen molar-refractivity contribution in [3.8, 4) is 0 Å². The summed E-state index contributed by atoms with van der Waals surface area (Å²) in [7, 11) is 0. The monoisotopic (exact) mass is 483 g/mol. The number of rotatable bonds is 2. The van der Waals surface area contributed by atoms with Gasteiger partial charge in [-0.2, -0.15) is 0 Å². The topological polar surface area (TPSA) is 54.8 Å². The van der Waals surface area contributed by atoms with Gasteiger partial charge >= 0.3 is 6.09 Å². The number of anilines is 1. The minimum atomic E-state index is -0.478. The third kappa shape index (κ3) is 4.39. The largest absolute Gasteiger partial charge is 0.444 e. The number of fused-ring (bicyclic) bond motifs is 1. The molecule has 2 aromatic rings. The lowest BCUT2D eigenvalue weighted by molar-refractivity contribution is 0.0240. The third-order valence-corrected chi connectivity index (χ3v) is 5.52. The number of hydrogen-bond donors (Lipinski definition) is 0. The Bertz CT molecular complexity index is 909. The molecule has 0 radical (unpaired) electrons. The Kier molecular flexibility index (Phi) is 5.69. The summed E-state index contributed by atoms with van der Waals surface area (Å²) in [6.07, 6.45) is 1.66. The molecular formula is C20H26IN3O3. The van der Waals surface area contributed by atoms with Crippen LogP contribution in [0, 0.1) is 3.57 Å². The Morgan fingerprint density at radius 2 is 1.81 bits per heavy atom. The molecule has 0 N–H and O–H groups in total. The zero-order valence-electron chi connectivity index (χ0n) is 16.3. The van der Waals surface area contributed by atoms with Crippen molar-refractivity contribution in [2.75, 3.05) is 31.1 Å². The normalized spacial score (nSPS) is 15.3. The minimum absolute atomic E-state index is 0.0502. The highest BCUT2D eigenvalue weighted by Crippen LogP contribution is 2.25. The van der Waals surface area contributed by atoms with Crippen molar-refractivity contribution in [3.63, 3.8) is 0 Å². The van der Waals surface area contributed by atoms with Crippen molar-refractivity contribution in [2.45, 2.75) is 39.8 Å². The number of carbonyl (C=O) groups is 1. The first-order valence-corrected chi connectivity index (χ1v) is 10.3. The Morgan fingerprint density at radius 3 is 2.41 bits per heavy atom. The molecule has 2 heterocycles.